The first kappa shape index (κ1) is 12.4. The fraction of sp³-hybridized carbons (Fsp3) is 0.250. The van der Waals surface area contributed by atoms with Crippen LogP contribution < -0.4 is 0 Å². The third-order valence-electron chi connectivity index (χ3n) is 3.57. The summed E-state index contributed by atoms with van der Waals surface area (Å²) in [5.74, 6) is 0. The van der Waals surface area contributed by atoms with Crippen LogP contribution in [0.15, 0.2) is 60.7 Å². The molecule has 0 aromatic heterocycles. The monoisotopic (exact) mass is 286 g/mol. The van der Waals surface area contributed by atoms with E-state index in [-0.39, 0.29) is 0 Å². The molecule has 0 spiro atoms. The molecular weight excluding hydrogens is 265 g/mol. The molecule has 2 aromatic carbocycles. The maximum atomic E-state index is 2.29. The van der Waals surface area contributed by atoms with Gasteiger partial charge in [-0.1, -0.05) is 0 Å². The van der Waals surface area contributed by atoms with Crippen LogP contribution >= 0.6 is 0 Å². The van der Waals surface area contributed by atoms with Gasteiger partial charge in [0.2, 0.25) is 0 Å². The Morgan fingerprint density at radius 3 is 1.59 bits per heavy atom. The Morgan fingerprint density at radius 2 is 1.24 bits per heavy atom. The molecule has 0 aliphatic heterocycles. The first-order valence-electron chi connectivity index (χ1n) is 6.38. The van der Waals surface area contributed by atoms with Crippen LogP contribution in [0.25, 0.3) is 0 Å². The molecule has 0 nitrogen and oxygen atoms in total. The predicted molar refractivity (Wildman–Crippen MR) is 78.5 cm³/mol. The van der Waals surface area contributed by atoms with Crippen molar-refractivity contribution < 1.29 is 0 Å². The van der Waals surface area contributed by atoms with Crippen molar-refractivity contribution in [3.05, 3.63) is 71.8 Å². The van der Waals surface area contributed by atoms with Crippen LogP contribution in [0.1, 0.15) is 30.9 Å². The number of hydrogen-bond acceptors (Lipinski definition) is 0. The number of benzene rings is 2. The van der Waals surface area contributed by atoms with Gasteiger partial charge in [-0.25, -0.2) is 0 Å². The molecule has 0 N–H and O–H groups in total. The van der Waals surface area contributed by atoms with Crippen LogP contribution in [0.5, 0.6) is 0 Å². The number of rotatable bonds is 4. The van der Waals surface area contributed by atoms with E-state index in [4.69, 9.17) is 0 Å². The Hall–Kier alpha value is -1.02. The quantitative estimate of drug-likeness (QED) is 0.757. The Morgan fingerprint density at radius 1 is 0.824 bits per heavy atom. The summed E-state index contributed by atoms with van der Waals surface area (Å²) < 4.78 is 0.324. The van der Waals surface area contributed by atoms with Crippen molar-refractivity contribution in [1.29, 1.82) is 0 Å². The van der Waals surface area contributed by atoms with Crippen molar-refractivity contribution in [2.45, 2.75) is 24.0 Å². The SMILES string of the molecule is CCC[C]([GeH3])(c1ccccc1)c1ccccc1. The third-order valence-corrected chi connectivity index (χ3v) is 7.04. The molecule has 0 atom stereocenters. The van der Waals surface area contributed by atoms with Crippen LogP contribution in [0, 0.1) is 0 Å². The zero-order valence-electron chi connectivity index (χ0n) is 10.7. The average molecular weight is 285 g/mol. The van der Waals surface area contributed by atoms with Crippen molar-refractivity contribution in [3.63, 3.8) is 0 Å². The number of hydrogen-bond donors (Lipinski definition) is 0. The van der Waals surface area contributed by atoms with E-state index in [0.29, 0.717) is 4.25 Å². The minimum absolute atomic E-state index is 0.324. The van der Waals surface area contributed by atoms with E-state index in [9.17, 15) is 0 Å². The topological polar surface area (TPSA) is 0 Å². The molecule has 0 heterocycles. The van der Waals surface area contributed by atoms with E-state index in [2.05, 4.69) is 67.6 Å². The summed E-state index contributed by atoms with van der Waals surface area (Å²) in [6, 6.07) is 22.0. The second kappa shape index (κ2) is 5.55. The molecule has 17 heavy (non-hydrogen) atoms. The first-order chi connectivity index (χ1) is 8.27. The summed E-state index contributed by atoms with van der Waals surface area (Å²) in [5.41, 5.74) is 2.99. The van der Waals surface area contributed by atoms with E-state index < -0.39 is 0 Å². The van der Waals surface area contributed by atoms with Gasteiger partial charge in [0.05, 0.1) is 0 Å². The first-order valence-corrected chi connectivity index (χ1v) is 8.48. The van der Waals surface area contributed by atoms with Crippen LogP contribution in [0.2, 0.25) is 0 Å². The molecule has 88 valence electrons. The van der Waals surface area contributed by atoms with E-state index in [1.807, 2.05) is 0 Å². The minimum atomic E-state index is 0.324. The summed E-state index contributed by atoms with van der Waals surface area (Å²) in [4.78, 5) is 0. The van der Waals surface area contributed by atoms with Crippen LogP contribution in [0.4, 0.5) is 0 Å². The Bertz CT molecular complexity index is 408. The van der Waals surface area contributed by atoms with Gasteiger partial charge in [0.25, 0.3) is 0 Å². The van der Waals surface area contributed by atoms with Gasteiger partial charge in [0, 0.05) is 0 Å². The molecule has 0 unspecified atom stereocenters. The Balaban J connectivity index is 2.47. The fourth-order valence-corrected chi connectivity index (χ4v) is 5.02. The van der Waals surface area contributed by atoms with Crippen molar-refractivity contribution in [3.8, 4) is 0 Å². The van der Waals surface area contributed by atoms with Crippen molar-refractivity contribution in [2.24, 2.45) is 0 Å². The molecule has 0 radical (unpaired) electrons. The fourth-order valence-electron chi connectivity index (χ4n) is 2.57. The summed E-state index contributed by atoms with van der Waals surface area (Å²) in [7, 11) is 0. The molecule has 0 saturated heterocycles. The Labute approximate surface area is 112 Å². The van der Waals surface area contributed by atoms with E-state index in [1.54, 1.807) is 0 Å². The molecule has 0 fully saturated rings. The van der Waals surface area contributed by atoms with Gasteiger partial charge in [-0.3, -0.25) is 0 Å². The van der Waals surface area contributed by atoms with Gasteiger partial charge in [0.1, 0.15) is 0 Å². The van der Waals surface area contributed by atoms with E-state index in [0.717, 1.165) is 16.5 Å². The van der Waals surface area contributed by atoms with Gasteiger partial charge in [-0.2, -0.15) is 0 Å². The Kier molecular flexibility index (Phi) is 4.06. The van der Waals surface area contributed by atoms with Crippen molar-refractivity contribution in [2.75, 3.05) is 0 Å². The molecule has 0 amide bonds. The van der Waals surface area contributed by atoms with Crippen LogP contribution in [-0.2, 0) is 4.25 Å². The summed E-state index contributed by atoms with van der Waals surface area (Å²) in [5, 5.41) is 0. The van der Waals surface area contributed by atoms with Crippen LogP contribution in [-0.4, -0.2) is 16.5 Å². The predicted octanol–water partition coefficient (Wildman–Crippen LogP) is 3.10. The molecule has 0 aliphatic carbocycles. The molecule has 0 bridgehead atoms. The maximum absolute atomic E-state index is 2.29. The van der Waals surface area contributed by atoms with Crippen LogP contribution in [0.3, 0.4) is 0 Å². The van der Waals surface area contributed by atoms with Gasteiger partial charge in [-0.15, -0.1) is 0 Å². The normalized spacial score (nSPS) is 11.6. The average Bonchev–Trinajstić information content (AvgIpc) is 2.41. The van der Waals surface area contributed by atoms with Gasteiger partial charge < -0.3 is 0 Å². The molecule has 2 aromatic rings. The van der Waals surface area contributed by atoms with E-state index >= 15 is 0 Å². The zero-order valence-corrected chi connectivity index (χ0v) is 14.9. The second-order valence-electron chi connectivity index (χ2n) is 4.81. The van der Waals surface area contributed by atoms with Crippen molar-refractivity contribution in [1.82, 2.24) is 0 Å². The second-order valence-corrected chi connectivity index (χ2v) is 8.40. The standard InChI is InChI=1S/C16H20Ge/c1-2-13-16(17,14-9-5-3-6-10-14)15-11-7-4-8-12-15/h3-12H,2,13H2,1,17H3. The summed E-state index contributed by atoms with van der Waals surface area (Å²) in [6.07, 6.45) is 2.51. The summed E-state index contributed by atoms with van der Waals surface area (Å²) in [6.45, 7) is 2.28. The molecule has 0 aliphatic rings. The third kappa shape index (κ3) is 2.63. The van der Waals surface area contributed by atoms with E-state index in [1.165, 1.54) is 24.0 Å². The molecule has 2 rings (SSSR count). The molecule has 1 heteroatoms. The molecule has 0 saturated carbocycles. The van der Waals surface area contributed by atoms with Crippen molar-refractivity contribution >= 4 is 16.5 Å². The summed E-state index contributed by atoms with van der Waals surface area (Å²) >= 11 is 0.735. The molecular formula is C16H20Ge. The van der Waals surface area contributed by atoms with Gasteiger partial charge in [-0.05, 0) is 0 Å². The van der Waals surface area contributed by atoms with Gasteiger partial charge in [0.15, 0.2) is 0 Å². The van der Waals surface area contributed by atoms with Gasteiger partial charge >= 0.3 is 112 Å². The zero-order chi connectivity index (χ0) is 12.1.